The maximum Gasteiger partial charge on any atom is 0.224 e. The number of nitrogens with zero attached hydrogens (tertiary/aromatic N) is 1. The highest BCUT2D eigenvalue weighted by atomic mass is 16.5. The van der Waals surface area contributed by atoms with E-state index in [2.05, 4.69) is 10.3 Å². The molecule has 0 spiro atoms. The summed E-state index contributed by atoms with van der Waals surface area (Å²) in [5.41, 5.74) is 4.09. The van der Waals surface area contributed by atoms with Crippen LogP contribution >= 0.6 is 0 Å². The molecule has 0 fully saturated rings. The number of rotatable bonds is 7. The predicted molar refractivity (Wildman–Crippen MR) is 107 cm³/mol. The van der Waals surface area contributed by atoms with Gasteiger partial charge >= 0.3 is 0 Å². The molecule has 1 N–H and O–H groups in total. The summed E-state index contributed by atoms with van der Waals surface area (Å²) in [7, 11) is 0. The Morgan fingerprint density at radius 1 is 1.00 bits per heavy atom. The van der Waals surface area contributed by atoms with E-state index in [1.165, 1.54) is 5.56 Å². The number of pyridine rings is 1. The van der Waals surface area contributed by atoms with E-state index in [1.54, 1.807) is 6.20 Å². The number of aromatic nitrogens is 1. The van der Waals surface area contributed by atoms with Gasteiger partial charge in [0, 0.05) is 6.20 Å². The number of amides is 1. The molecule has 1 amide bonds. The molecule has 1 aromatic heterocycles. The summed E-state index contributed by atoms with van der Waals surface area (Å²) in [6.07, 6.45) is 2.02. The molecule has 0 radical (unpaired) electrons. The zero-order chi connectivity index (χ0) is 19.1. The molecule has 1 atom stereocenters. The van der Waals surface area contributed by atoms with Crippen molar-refractivity contribution < 1.29 is 9.53 Å². The number of ether oxygens (including phenoxy) is 1. The van der Waals surface area contributed by atoms with Gasteiger partial charge in [-0.1, -0.05) is 48.5 Å². The average Bonchev–Trinajstić information content (AvgIpc) is 2.71. The predicted octanol–water partition coefficient (Wildman–Crippen LogP) is 4.37. The minimum Gasteiger partial charge on any atom is -0.493 e. The Labute approximate surface area is 160 Å². The minimum absolute atomic E-state index is 0.0696. The third-order valence-electron chi connectivity index (χ3n) is 4.56. The summed E-state index contributed by atoms with van der Waals surface area (Å²) in [6, 6.07) is 21.2. The van der Waals surface area contributed by atoms with Crippen LogP contribution in [0.25, 0.3) is 0 Å². The molecular formula is C23H24N2O2. The van der Waals surface area contributed by atoms with Gasteiger partial charge in [-0.05, 0) is 48.7 Å². The molecule has 138 valence electrons. The lowest BCUT2D eigenvalue weighted by Gasteiger charge is -2.19. The second-order valence-electron chi connectivity index (χ2n) is 6.46. The summed E-state index contributed by atoms with van der Waals surface area (Å²) in [5.74, 6) is 0.756. The molecule has 3 rings (SSSR count). The van der Waals surface area contributed by atoms with Crippen LogP contribution in [0.1, 0.15) is 34.8 Å². The van der Waals surface area contributed by atoms with E-state index in [4.69, 9.17) is 4.74 Å². The molecule has 2 aromatic carbocycles. The van der Waals surface area contributed by atoms with E-state index >= 15 is 0 Å². The van der Waals surface area contributed by atoms with Gasteiger partial charge in [-0.15, -0.1) is 0 Å². The van der Waals surface area contributed by atoms with Crippen LogP contribution in [0.3, 0.4) is 0 Å². The average molecular weight is 360 g/mol. The summed E-state index contributed by atoms with van der Waals surface area (Å²) >= 11 is 0. The third kappa shape index (κ3) is 4.94. The van der Waals surface area contributed by atoms with Crippen LogP contribution < -0.4 is 10.1 Å². The molecule has 0 saturated heterocycles. The summed E-state index contributed by atoms with van der Waals surface area (Å²) < 4.78 is 5.80. The van der Waals surface area contributed by atoms with Crippen molar-refractivity contribution in [3.8, 4) is 5.75 Å². The van der Waals surface area contributed by atoms with Gasteiger partial charge in [-0.25, -0.2) is 0 Å². The number of benzene rings is 2. The van der Waals surface area contributed by atoms with Gasteiger partial charge < -0.3 is 10.1 Å². The smallest absolute Gasteiger partial charge is 0.224 e. The van der Waals surface area contributed by atoms with Gasteiger partial charge in [0.25, 0.3) is 0 Å². The van der Waals surface area contributed by atoms with Gasteiger partial charge in [0.2, 0.25) is 5.91 Å². The van der Waals surface area contributed by atoms with E-state index in [0.29, 0.717) is 6.61 Å². The Kier molecular flexibility index (Phi) is 6.21. The van der Waals surface area contributed by atoms with E-state index < -0.39 is 0 Å². The zero-order valence-corrected chi connectivity index (χ0v) is 15.7. The molecular weight excluding hydrogens is 336 g/mol. The van der Waals surface area contributed by atoms with E-state index in [0.717, 1.165) is 22.6 Å². The molecule has 1 unspecified atom stereocenters. The topological polar surface area (TPSA) is 51.2 Å². The first-order valence-corrected chi connectivity index (χ1v) is 9.09. The van der Waals surface area contributed by atoms with Crippen molar-refractivity contribution >= 4 is 5.91 Å². The molecule has 0 saturated carbocycles. The Balaban J connectivity index is 1.64. The van der Waals surface area contributed by atoms with Crippen LogP contribution in [0, 0.1) is 13.8 Å². The Hall–Kier alpha value is -3.14. The lowest BCUT2D eigenvalue weighted by Crippen LogP contribution is -2.30. The second kappa shape index (κ2) is 8.99. The van der Waals surface area contributed by atoms with Crippen molar-refractivity contribution in [2.45, 2.75) is 26.3 Å². The van der Waals surface area contributed by atoms with Crippen LogP contribution in [-0.4, -0.2) is 17.5 Å². The first kappa shape index (κ1) is 18.6. The highest BCUT2D eigenvalue weighted by Crippen LogP contribution is 2.22. The Morgan fingerprint density at radius 3 is 2.52 bits per heavy atom. The van der Waals surface area contributed by atoms with E-state index in [-0.39, 0.29) is 18.4 Å². The summed E-state index contributed by atoms with van der Waals surface area (Å²) in [5, 5.41) is 3.08. The van der Waals surface area contributed by atoms with Gasteiger partial charge in [-0.2, -0.15) is 0 Å². The van der Waals surface area contributed by atoms with Crippen molar-refractivity contribution in [2.24, 2.45) is 0 Å². The number of aryl methyl sites for hydroxylation is 1. The molecule has 3 aromatic rings. The number of hydrogen-bond acceptors (Lipinski definition) is 3. The van der Waals surface area contributed by atoms with Crippen LogP contribution in [0.5, 0.6) is 5.75 Å². The molecule has 0 bridgehead atoms. The fourth-order valence-corrected chi connectivity index (χ4v) is 2.89. The first-order valence-electron chi connectivity index (χ1n) is 9.09. The normalized spacial score (nSPS) is 11.6. The monoisotopic (exact) mass is 360 g/mol. The van der Waals surface area contributed by atoms with Crippen LogP contribution in [-0.2, 0) is 4.79 Å². The molecule has 0 aliphatic rings. The van der Waals surface area contributed by atoms with E-state index in [9.17, 15) is 4.79 Å². The van der Waals surface area contributed by atoms with Crippen molar-refractivity contribution in [1.82, 2.24) is 10.3 Å². The third-order valence-corrected chi connectivity index (χ3v) is 4.56. The van der Waals surface area contributed by atoms with Gasteiger partial charge in [0.15, 0.2) is 0 Å². The quantitative estimate of drug-likeness (QED) is 0.680. The SMILES string of the molecule is Cc1cccc(OCCC(=O)NC(c2ccccc2)c2ccccn2)c1C. The zero-order valence-electron chi connectivity index (χ0n) is 15.7. The lowest BCUT2D eigenvalue weighted by molar-refractivity contribution is -0.122. The van der Waals surface area contributed by atoms with Crippen molar-refractivity contribution in [1.29, 1.82) is 0 Å². The lowest BCUT2D eigenvalue weighted by atomic mass is 10.0. The van der Waals surface area contributed by atoms with E-state index in [1.807, 2.05) is 80.6 Å². The fraction of sp³-hybridized carbons (Fsp3) is 0.217. The standard InChI is InChI=1S/C23H24N2O2/c1-17-9-8-13-21(18(17)2)27-16-14-22(26)25-23(19-10-4-3-5-11-19)20-12-6-7-15-24-20/h3-13,15,23H,14,16H2,1-2H3,(H,25,26). The molecule has 0 aliphatic heterocycles. The summed E-state index contributed by atoms with van der Waals surface area (Å²) in [6.45, 7) is 4.41. The van der Waals surface area contributed by atoms with Crippen molar-refractivity contribution in [2.75, 3.05) is 6.61 Å². The molecule has 4 nitrogen and oxygen atoms in total. The summed E-state index contributed by atoms with van der Waals surface area (Å²) in [4.78, 5) is 16.9. The Morgan fingerprint density at radius 2 is 1.78 bits per heavy atom. The Bertz CT molecular complexity index is 840. The number of carbonyl (C=O) groups is 1. The molecule has 4 heteroatoms. The molecule has 1 heterocycles. The highest BCUT2D eigenvalue weighted by molar-refractivity contribution is 5.77. The fourth-order valence-electron chi connectivity index (χ4n) is 2.89. The first-order chi connectivity index (χ1) is 13.1. The number of hydrogen-bond donors (Lipinski definition) is 1. The van der Waals surface area contributed by atoms with Crippen molar-refractivity contribution in [3.05, 3.63) is 95.3 Å². The highest BCUT2D eigenvalue weighted by Gasteiger charge is 2.17. The van der Waals surface area contributed by atoms with Gasteiger partial charge in [0.05, 0.1) is 24.8 Å². The largest absolute Gasteiger partial charge is 0.493 e. The van der Waals surface area contributed by atoms with Gasteiger partial charge in [0.1, 0.15) is 5.75 Å². The maximum absolute atomic E-state index is 12.5. The van der Waals surface area contributed by atoms with Crippen LogP contribution in [0.15, 0.2) is 72.9 Å². The molecule has 27 heavy (non-hydrogen) atoms. The minimum atomic E-state index is -0.277. The second-order valence-corrected chi connectivity index (χ2v) is 6.46. The number of nitrogens with one attached hydrogen (secondary N) is 1. The maximum atomic E-state index is 12.5. The van der Waals surface area contributed by atoms with Crippen LogP contribution in [0.4, 0.5) is 0 Å². The number of carbonyl (C=O) groups excluding carboxylic acids is 1. The van der Waals surface area contributed by atoms with Gasteiger partial charge in [-0.3, -0.25) is 9.78 Å². The van der Waals surface area contributed by atoms with Crippen molar-refractivity contribution in [3.63, 3.8) is 0 Å². The van der Waals surface area contributed by atoms with Crippen LogP contribution in [0.2, 0.25) is 0 Å². The molecule has 0 aliphatic carbocycles.